The first-order chi connectivity index (χ1) is 16.7. The molecule has 1 aromatic heterocycles. The Morgan fingerprint density at radius 3 is 2.29 bits per heavy atom. The Kier molecular flexibility index (Phi) is 6.79. The minimum absolute atomic E-state index is 0.00455. The summed E-state index contributed by atoms with van der Waals surface area (Å²) in [7, 11) is 1.62. The highest BCUT2D eigenvalue weighted by molar-refractivity contribution is 5.94. The molecule has 0 spiro atoms. The lowest BCUT2D eigenvalue weighted by molar-refractivity contribution is 0.0728. The molecule has 4 aromatic rings. The second-order valence-corrected chi connectivity index (χ2v) is 10.0. The van der Waals surface area contributed by atoms with Crippen LogP contribution in [0, 0.1) is 6.92 Å². The van der Waals surface area contributed by atoms with Crippen LogP contribution >= 0.6 is 0 Å². The molecule has 5 heteroatoms. The molecule has 5 nitrogen and oxygen atoms in total. The van der Waals surface area contributed by atoms with Crippen LogP contribution in [0.4, 0.5) is 0 Å². The summed E-state index contributed by atoms with van der Waals surface area (Å²) in [5.41, 5.74) is 4.83. The molecule has 0 radical (unpaired) electrons. The maximum atomic E-state index is 13.7. The molecule has 35 heavy (non-hydrogen) atoms. The summed E-state index contributed by atoms with van der Waals surface area (Å²) >= 11 is 0. The number of methoxy groups -OCH3 is 1. The van der Waals surface area contributed by atoms with Gasteiger partial charge in [0.2, 0.25) is 0 Å². The lowest BCUT2D eigenvalue weighted by atomic mass is 9.86. The molecule has 4 rings (SSSR count). The first-order valence-corrected chi connectivity index (χ1v) is 11.8. The lowest BCUT2D eigenvalue weighted by Gasteiger charge is -2.25. The number of carbonyl (C=O) groups is 1. The van der Waals surface area contributed by atoms with Gasteiger partial charge in [0.25, 0.3) is 11.5 Å². The quantitative estimate of drug-likeness (QED) is 0.378. The van der Waals surface area contributed by atoms with Gasteiger partial charge < -0.3 is 14.6 Å². The summed E-state index contributed by atoms with van der Waals surface area (Å²) in [6.07, 6.45) is 0. The van der Waals surface area contributed by atoms with Crippen molar-refractivity contribution in [2.75, 3.05) is 7.11 Å². The lowest BCUT2D eigenvalue weighted by Crippen LogP contribution is -2.32. The molecule has 0 aliphatic carbocycles. The second-order valence-electron chi connectivity index (χ2n) is 10.0. The Hall–Kier alpha value is -3.86. The van der Waals surface area contributed by atoms with Crippen LogP contribution in [0.1, 0.15) is 53.4 Å². The van der Waals surface area contributed by atoms with E-state index in [0.717, 1.165) is 27.6 Å². The molecular weight excluding hydrogens is 436 g/mol. The van der Waals surface area contributed by atoms with Crippen molar-refractivity contribution in [1.29, 1.82) is 0 Å². The third kappa shape index (κ3) is 5.46. The van der Waals surface area contributed by atoms with Crippen molar-refractivity contribution in [3.05, 3.63) is 111 Å². The van der Waals surface area contributed by atoms with Gasteiger partial charge in [0.15, 0.2) is 0 Å². The van der Waals surface area contributed by atoms with Crippen molar-refractivity contribution in [2.24, 2.45) is 0 Å². The number of rotatable bonds is 6. The van der Waals surface area contributed by atoms with Gasteiger partial charge in [-0.15, -0.1) is 0 Å². The van der Waals surface area contributed by atoms with Crippen LogP contribution in [0.15, 0.2) is 77.6 Å². The molecule has 3 aromatic carbocycles. The Bertz CT molecular complexity index is 1410. The summed E-state index contributed by atoms with van der Waals surface area (Å²) in [5.74, 6) is 0.566. The summed E-state index contributed by atoms with van der Waals surface area (Å²) in [6, 6.07) is 23.2. The van der Waals surface area contributed by atoms with E-state index in [4.69, 9.17) is 4.74 Å². The number of hydrogen-bond acceptors (Lipinski definition) is 3. The normalized spacial score (nSPS) is 11.5. The summed E-state index contributed by atoms with van der Waals surface area (Å²) in [6.45, 7) is 8.92. The maximum absolute atomic E-state index is 13.7. The number of hydrogen-bond donors (Lipinski definition) is 1. The van der Waals surface area contributed by atoms with Crippen LogP contribution in [0.5, 0.6) is 5.75 Å². The van der Waals surface area contributed by atoms with Gasteiger partial charge in [-0.1, -0.05) is 63.2 Å². The number of carbonyl (C=O) groups excluding carboxylic acids is 1. The maximum Gasteiger partial charge on any atom is 0.254 e. The van der Waals surface area contributed by atoms with Crippen LogP contribution in [0.25, 0.3) is 10.9 Å². The molecule has 0 fully saturated rings. The van der Waals surface area contributed by atoms with Crippen molar-refractivity contribution < 1.29 is 9.53 Å². The van der Waals surface area contributed by atoms with E-state index in [1.54, 1.807) is 12.0 Å². The molecule has 0 bridgehead atoms. The Balaban J connectivity index is 1.72. The predicted octanol–water partition coefficient (Wildman–Crippen LogP) is 5.99. The van der Waals surface area contributed by atoms with Gasteiger partial charge in [0, 0.05) is 28.8 Å². The number of benzene rings is 3. The summed E-state index contributed by atoms with van der Waals surface area (Å²) in [4.78, 5) is 31.3. The number of fused-ring (bicyclic) bond motifs is 1. The molecule has 1 amide bonds. The molecule has 0 aliphatic rings. The number of para-hydroxylation sites is 1. The monoisotopic (exact) mass is 468 g/mol. The van der Waals surface area contributed by atoms with E-state index in [1.165, 1.54) is 0 Å². The smallest absolute Gasteiger partial charge is 0.254 e. The molecule has 0 saturated heterocycles. The van der Waals surface area contributed by atoms with E-state index in [9.17, 15) is 9.59 Å². The average Bonchev–Trinajstić information content (AvgIpc) is 2.83. The molecular formula is C30H32N2O3. The molecule has 1 N–H and O–H groups in total. The van der Waals surface area contributed by atoms with Gasteiger partial charge >= 0.3 is 0 Å². The number of aryl methyl sites for hydroxylation is 1. The molecule has 180 valence electrons. The number of H-pyrrole nitrogens is 1. The summed E-state index contributed by atoms with van der Waals surface area (Å²) < 4.78 is 5.52. The Morgan fingerprint density at radius 2 is 1.60 bits per heavy atom. The van der Waals surface area contributed by atoms with Crippen molar-refractivity contribution in [3.8, 4) is 5.75 Å². The minimum atomic E-state index is -0.191. The zero-order valence-electron chi connectivity index (χ0n) is 21.0. The third-order valence-electron chi connectivity index (χ3n) is 6.28. The predicted molar refractivity (Wildman–Crippen MR) is 141 cm³/mol. The second kappa shape index (κ2) is 9.79. The van der Waals surface area contributed by atoms with E-state index in [2.05, 4.69) is 25.8 Å². The van der Waals surface area contributed by atoms with Gasteiger partial charge in [-0.3, -0.25) is 9.59 Å². The van der Waals surface area contributed by atoms with Crippen molar-refractivity contribution in [2.45, 2.75) is 46.2 Å². The van der Waals surface area contributed by atoms with E-state index in [-0.39, 0.29) is 23.4 Å². The highest BCUT2D eigenvalue weighted by atomic mass is 16.5. The number of ether oxygens (including phenoxy) is 1. The fraction of sp³-hybridized carbons (Fsp3) is 0.267. The first kappa shape index (κ1) is 24.3. The third-order valence-corrected chi connectivity index (χ3v) is 6.28. The van der Waals surface area contributed by atoms with Crippen molar-refractivity contribution >= 4 is 16.8 Å². The van der Waals surface area contributed by atoms with E-state index in [1.807, 2.05) is 79.7 Å². The topological polar surface area (TPSA) is 62.4 Å². The highest BCUT2D eigenvalue weighted by Crippen LogP contribution is 2.25. The Morgan fingerprint density at radius 1 is 0.914 bits per heavy atom. The number of nitrogens with zero attached hydrogens (tertiary/aromatic N) is 1. The fourth-order valence-electron chi connectivity index (χ4n) is 4.22. The van der Waals surface area contributed by atoms with Crippen LogP contribution in [0.2, 0.25) is 0 Å². The van der Waals surface area contributed by atoms with Crippen LogP contribution in [-0.2, 0) is 18.5 Å². The molecule has 0 saturated carbocycles. The molecule has 0 aliphatic heterocycles. The van der Waals surface area contributed by atoms with E-state index < -0.39 is 0 Å². The zero-order chi connectivity index (χ0) is 25.2. The van der Waals surface area contributed by atoms with E-state index in [0.29, 0.717) is 23.4 Å². The van der Waals surface area contributed by atoms with Crippen LogP contribution in [-0.4, -0.2) is 22.9 Å². The number of pyridine rings is 1. The van der Waals surface area contributed by atoms with Crippen LogP contribution in [0.3, 0.4) is 0 Å². The van der Waals surface area contributed by atoms with Gasteiger partial charge in [-0.2, -0.15) is 0 Å². The molecule has 1 heterocycles. The average molecular weight is 469 g/mol. The number of amides is 1. The van der Waals surface area contributed by atoms with Crippen molar-refractivity contribution in [1.82, 2.24) is 9.88 Å². The largest absolute Gasteiger partial charge is 0.496 e. The SMILES string of the molecule is COc1ccccc1CN(Cc1cc2ccc(C)cc2[nH]c1=O)C(=O)c1ccc(C(C)(C)C)cc1. The zero-order valence-corrected chi connectivity index (χ0v) is 21.0. The number of aromatic nitrogens is 1. The van der Waals surface area contributed by atoms with Gasteiger partial charge in [0.05, 0.1) is 13.7 Å². The van der Waals surface area contributed by atoms with Crippen LogP contribution < -0.4 is 10.3 Å². The number of nitrogens with one attached hydrogen (secondary N) is 1. The fourth-order valence-corrected chi connectivity index (χ4v) is 4.22. The van der Waals surface area contributed by atoms with Gasteiger partial charge in [-0.25, -0.2) is 0 Å². The molecule has 0 unspecified atom stereocenters. The number of aromatic amines is 1. The highest BCUT2D eigenvalue weighted by Gasteiger charge is 2.21. The van der Waals surface area contributed by atoms with E-state index >= 15 is 0 Å². The standard InChI is InChI=1S/C30H32N2O3/c1-20-10-11-22-17-24(28(33)31-26(22)16-20)19-32(18-23-8-6-7-9-27(23)35-5)29(34)21-12-14-25(15-13-21)30(2,3)4/h6-17H,18-19H2,1-5H3,(H,31,33). The Labute approximate surface area is 206 Å². The van der Waals surface area contributed by atoms with Crippen molar-refractivity contribution in [3.63, 3.8) is 0 Å². The van der Waals surface area contributed by atoms with Gasteiger partial charge in [0.1, 0.15) is 5.75 Å². The molecule has 0 atom stereocenters. The summed E-state index contributed by atoms with van der Waals surface area (Å²) in [5, 5.41) is 0.935. The van der Waals surface area contributed by atoms with Gasteiger partial charge in [-0.05, 0) is 59.2 Å². The first-order valence-electron chi connectivity index (χ1n) is 11.8. The minimum Gasteiger partial charge on any atom is -0.496 e.